The maximum atomic E-state index is 16.1. The van der Waals surface area contributed by atoms with Crippen molar-refractivity contribution in [1.82, 2.24) is 4.58 Å². The molecule has 8 heteroatoms. The molecule has 238 valence electrons. The minimum atomic E-state index is -2.17. The van der Waals surface area contributed by atoms with Crippen LogP contribution in [-0.4, -0.2) is 31.6 Å². The molecule has 2 heterocycles. The topological polar surface area (TPSA) is 46.4 Å². The Morgan fingerprint density at radius 1 is 1.02 bits per heavy atom. The van der Waals surface area contributed by atoms with E-state index in [4.69, 9.17) is 0 Å². The number of carbonyl (C=O) groups excluding carboxylic acids is 1. The molecule has 3 aromatic rings. The smallest absolute Gasteiger partial charge is 0.206 e. The summed E-state index contributed by atoms with van der Waals surface area (Å²) in [6.07, 6.45) is 3.07. The number of aromatic carboxylic acids is 1. The number of rotatable bonds is 4. The summed E-state index contributed by atoms with van der Waals surface area (Å²) in [6.45, 7) is 16.4. The number of benzene rings is 3. The first kappa shape index (κ1) is 31.3. The van der Waals surface area contributed by atoms with Crippen molar-refractivity contribution in [3.63, 3.8) is 0 Å². The van der Waals surface area contributed by atoms with Crippen molar-refractivity contribution < 1.29 is 27.5 Å². The number of hydrogen-bond donors (Lipinski definition) is 0. The molecule has 0 fully saturated rings. The van der Waals surface area contributed by atoms with Gasteiger partial charge in [-0.3, -0.25) is 0 Å². The van der Waals surface area contributed by atoms with Crippen LogP contribution in [-0.2, 0) is 18.3 Å². The number of carboxylic acid groups (broad SMARTS) is 1. The zero-order valence-electron chi connectivity index (χ0n) is 27.3. The molecule has 0 radical (unpaired) electrons. The first-order valence-electron chi connectivity index (χ1n) is 15.9. The van der Waals surface area contributed by atoms with Crippen molar-refractivity contribution >= 4 is 17.2 Å². The lowest BCUT2D eigenvalue weighted by molar-refractivity contribution is -0.255. The summed E-state index contributed by atoms with van der Waals surface area (Å²) in [5.41, 5.74) is 3.32. The van der Waals surface area contributed by atoms with Crippen LogP contribution in [0, 0.1) is 23.3 Å². The van der Waals surface area contributed by atoms with E-state index in [1.807, 2.05) is 26.1 Å². The van der Waals surface area contributed by atoms with Gasteiger partial charge in [-0.15, -0.1) is 0 Å². The van der Waals surface area contributed by atoms with Gasteiger partial charge in [0.15, 0.2) is 23.3 Å². The highest BCUT2D eigenvalue weighted by atomic mass is 19.2. The molecule has 1 unspecified atom stereocenters. The molecule has 0 spiro atoms. The Labute approximate surface area is 261 Å². The summed E-state index contributed by atoms with van der Waals surface area (Å²) < 4.78 is 63.4. The Bertz CT molecular complexity index is 1940. The van der Waals surface area contributed by atoms with Crippen molar-refractivity contribution in [2.24, 2.45) is 0 Å². The number of hydrogen-bond acceptors (Lipinski definition) is 3. The number of fused-ring (bicyclic) bond motifs is 5. The highest BCUT2D eigenvalue weighted by Gasteiger charge is 2.43. The Kier molecular flexibility index (Phi) is 7.25. The van der Waals surface area contributed by atoms with E-state index in [9.17, 15) is 14.3 Å². The van der Waals surface area contributed by atoms with Crippen molar-refractivity contribution in [3.8, 4) is 0 Å². The average molecular weight is 621 g/mol. The standard InChI is InChI=1S/C37H40F4N2O2/c1-9-19-14-23-26(27-28(35(44)45)31(39)33(41)32(40)30(27)38)22-15-21-18(3)17-36(4,5)43(10-2)25(21)16-24(22)37(6,7)29(23)20-12-11-13-42(8)34(19)20/h14-16,18H,9-13,17H2,1-8H3. The van der Waals surface area contributed by atoms with Crippen molar-refractivity contribution in [2.45, 2.75) is 91.0 Å². The highest BCUT2D eigenvalue weighted by molar-refractivity contribution is 5.98. The average Bonchev–Trinajstić information content (AvgIpc) is 2.97. The summed E-state index contributed by atoms with van der Waals surface area (Å²) in [4.78, 5) is 14.8. The predicted molar refractivity (Wildman–Crippen MR) is 166 cm³/mol. The third-order valence-corrected chi connectivity index (χ3v) is 10.6. The molecule has 1 aliphatic carbocycles. The number of nitrogens with zero attached hydrogens (tertiary/aromatic N) is 2. The van der Waals surface area contributed by atoms with Gasteiger partial charge in [0.2, 0.25) is 5.36 Å². The Morgan fingerprint density at radius 2 is 1.69 bits per heavy atom. The largest absolute Gasteiger partial charge is 0.545 e. The van der Waals surface area contributed by atoms with Gasteiger partial charge in [0, 0.05) is 57.4 Å². The van der Waals surface area contributed by atoms with E-state index in [-0.39, 0.29) is 17.0 Å². The minimum Gasteiger partial charge on any atom is -0.545 e. The molecule has 45 heavy (non-hydrogen) atoms. The second-order valence-electron chi connectivity index (χ2n) is 14.1. The van der Waals surface area contributed by atoms with Gasteiger partial charge >= 0.3 is 0 Å². The van der Waals surface area contributed by atoms with E-state index < -0.39 is 45.8 Å². The van der Waals surface area contributed by atoms with Crippen molar-refractivity contribution in [2.75, 3.05) is 25.0 Å². The lowest BCUT2D eigenvalue weighted by Crippen LogP contribution is -2.49. The fourth-order valence-corrected chi connectivity index (χ4v) is 8.75. The Balaban J connectivity index is 1.92. The highest BCUT2D eigenvalue weighted by Crippen LogP contribution is 2.50. The van der Waals surface area contributed by atoms with E-state index >= 15 is 13.2 Å². The summed E-state index contributed by atoms with van der Waals surface area (Å²) in [5, 5.41) is 14.1. The first-order valence-corrected chi connectivity index (χ1v) is 15.9. The fraction of sp³-hybridized carbons (Fsp3) is 0.459. The van der Waals surface area contributed by atoms with Gasteiger partial charge in [0.05, 0.1) is 5.97 Å². The fourth-order valence-electron chi connectivity index (χ4n) is 8.75. The third kappa shape index (κ3) is 4.30. The molecule has 0 amide bonds. The van der Waals surface area contributed by atoms with E-state index in [2.05, 4.69) is 57.1 Å². The van der Waals surface area contributed by atoms with Crippen LogP contribution in [0.15, 0.2) is 18.2 Å². The number of aryl methyl sites for hydroxylation is 1. The zero-order chi connectivity index (χ0) is 32.9. The second-order valence-corrected chi connectivity index (χ2v) is 14.1. The van der Waals surface area contributed by atoms with Crippen LogP contribution in [0.3, 0.4) is 0 Å². The van der Waals surface area contributed by atoms with E-state index in [1.165, 1.54) is 0 Å². The van der Waals surface area contributed by atoms with E-state index in [0.717, 1.165) is 71.2 Å². The first-order chi connectivity index (χ1) is 21.1. The molecule has 2 aliphatic heterocycles. The van der Waals surface area contributed by atoms with Gasteiger partial charge in [-0.05, 0) is 91.6 Å². The molecular weight excluding hydrogens is 580 g/mol. The number of carboxylic acids is 1. The monoisotopic (exact) mass is 620 g/mol. The van der Waals surface area contributed by atoms with Gasteiger partial charge in [0.1, 0.15) is 13.6 Å². The van der Waals surface area contributed by atoms with Crippen LogP contribution in [0.5, 0.6) is 0 Å². The minimum absolute atomic E-state index is 0.0578. The maximum absolute atomic E-state index is 16.1. The normalized spacial score (nSPS) is 19.6. The number of halogens is 4. The van der Waals surface area contributed by atoms with E-state index in [0.29, 0.717) is 17.2 Å². The van der Waals surface area contributed by atoms with Gasteiger partial charge < -0.3 is 14.8 Å². The molecule has 3 aliphatic rings. The van der Waals surface area contributed by atoms with Crippen LogP contribution in [0.2, 0.25) is 0 Å². The molecular formula is C37H40F4N2O2. The lowest BCUT2D eigenvalue weighted by atomic mass is 9.64. The van der Waals surface area contributed by atoms with Crippen LogP contribution in [0.4, 0.5) is 23.2 Å². The van der Waals surface area contributed by atoms with Crippen LogP contribution >= 0.6 is 0 Å². The quantitative estimate of drug-likeness (QED) is 0.174. The lowest BCUT2D eigenvalue weighted by Gasteiger charge is -2.48. The zero-order valence-corrected chi connectivity index (χ0v) is 27.3. The van der Waals surface area contributed by atoms with Crippen LogP contribution in [0.1, 0.15) is 117 Å². The molecule has 0 aromatic heterocycles. The summed E-state index contributed by atoms with van der Waals surface area (Å²) in [6, 6.07) is 5.97. The third-order valence-electron chi connectivity index (χ3n) is 10.6. The van der Waals surface area contributed by atoms with Gasteiger partial charge in [-0.2, -0.15) is 0 Å². The summed E-state index contributed by atoms with van der Waals surface area (Å²) in [5.74, 6) is -9.96. The molecule has 3 aromatic carbocycles. The molecule has 0 N–H and O–H groups in total. The number of anilines is 1. The number of carbonyl (C=O) groups is 1. The van der Waals surface area contributed by atoms with E-state index in [1.54, 1.807) is 0 Å². The van der Waals surface area contributed by atoms with Gasteiger partial charge in [-0.25, -0.2) is 22.1 Å². The predicted octanol–water partition coefficient (Wildman–Crippen LogP) is 5.23. The summed E-state index contributed by atoms with van der Waals surface area (Å²) in [7, 11) is 2.04. The van der Waals surface area contributed by atoms with Crippen LogP contribution < -0.4 is 25.2 Å². The Morgan fingerprint density at radius 3 is 2.31 bits per heavy atom. The van der Waals surface area contributed by atoms with Crippen molar-refractivity contribution in [1.29, 1.82) is 0 Å². The van der Waals surface area contributed by atoms with Gasteiger partial charge in [-0.1, -0.05) is 27.7 Å². The van der Waals surface area contributed by atoms with Crippen molar-refractivity contribution in [3.05, 3.63) is 96.6 Å². The molecule has 0 bridgehead atoms. The molecule has 0 saturated heterocycles. The molecule has 4 nitrogen and oxygen atoms in total. The summed E-state index contributed by atoms with van der Waals surface area (Å²) >= 11 is 0. The molecule has 6 rings (SSSR count). The maximum Gasteiger partial charge on any atom is 0.206 e. The molecule has 0 saturated carbocycles. The van der Waals surface area contributed by atoms with Gasteiger partial charge in [0.25, 0.3) is 0 Å². The molecule has 1 atom stereocenters. The Hall–Kier alpha value is -3.68. The van der Waals surface area contributed by atoms with Crippen LogP contribution in [0.25, 0.3) is 5.57 Å². The second kappa shape index (κ2) is 10.4. The SMILES string of the molecule is CCc1cc2c(c3c1=[N+](C)CCC3)C(C)(C)c1cc3c(cc1C=2c1c(F)c(F)c(F)c(F)c1C(=O)[O-])C(C)CC(C)(C)N3CC.